The molecular weight excluding hydrogens is 203 g/mol. The summed E-state index contributed by atoms with van der Waals surface area (Å²) >= 11 is 0. The van der Waals surface area contributed by atoms with Gasteiger partial charge in [-0.05, 0) is 12.1 Å². The molecule has 0 heterocycles. The van der Waals surface area contributed by atoms with Crippen LogP contribution in [0.3, 0.4) is 0 Å². The molecule has 0 aliphatic carbocycles. The van der Waals surface area contributed by atoms with Gasteiger partial charge in [-0.15, -0.1) is 0 Å². The second kappa shape index (κ2) is 5.47. The maximum atomic E-state index is 11.2. The number of carbonyl (C=O) groups is 1. The van der Waals surface area contributed by atoms with E-state index < -0.39 is 26.7 Å². The van der Waals surface area contributed by atoms with Gasteiger partial charge in [0.05, 0.1) is 6.61 Å². The van der Waals surface area contributed by atoms with Crippen molar-refractivity contribution in [2.45, 2.75) is 5.66 Å². The summed E-state index contributed by atoms with van der Waals surface area (Å²) in [7, 11) is -0.435. The number of esters is 1. The number of carbonyl (C=O) groups excluding carboxylic acids is 1. The van der Waals surface area contributed by atoms with Gasteiger partial charge in [0.1, 0.15) is 5.75 Å². The Labute approximate surface area is 82.7 Å². The summed E-state index contributed by atoms with van der Waals surface area (Å²) in [6, 6.07) is 8.42. The SMILES string of the molecule is O=PC(CO)C(=O)Oc1ccccc1. The van der Waals surface area contributed by atoms with Crippen molar-refractivity contribution in [1.82, 2.24) is 0 Å². The van der Waals surface area contributed by atoms with Crippen LogP contribution in [-0.4, -0.2) is 23.3 Å². The van der Waals surface area contributed by atoms with E-state index in [1.807, 2.05) is 0 Å². The molecule has 1 unspecified atom stereocenters. The number of benzene rings is 1. The number of para-hydroxylation sites is 1. The first-order valence-electron chi connectivity index (χ1n) is 3.98. The van der Waals surface area contributed by atoms with Crippen LogP contribution in [0.4, 0.5) is 0 Å². The second-order valence-corrected chi connectivity index (χ2v) is 3.37. The zero-order chi connectivity index (χ0) is 10.4. The normalized spacial score (nSPS) is 12.4. The lowest BCUT2D eigenvalue weighted by Gasteiger charge is -2.05. The minimum Gasteiger partial charge on any atom is -0.426 e. The van der Waals surface area contributed by atoms with Gasteiger partial charge in [-0.25, -0.2) is 0 Å². The highest BCUT2D eigenvalue weighted by Gasteiger charge is 2.19. The number of rotatable bonds is 4. The molecule has 1 N–H and O–H groups in total. The Bertz CT molecular complexity index is 312. The lowest BCUT2D eigenvalue weighted by atomic mass is 10.3. The molecule has 0 fully saturated rings. The topological polar surface area (TPSA) is 63.6 Å². The highest BCUT2D eigenvalue weighted by Crippen LogP contribution is 2.13. The van der Waals surface area contributed by atoms with E-state index in [4.69, 9.17) is 9.84 Å². The van der Waals surface area contributed by atoms with E-state index in [1.54, 1.807) is 30.3 Å². The summed E-state index contributed by atoms with van der Waals surface area (Å²) < 4.78 is 15.3. The minimum atomic E-state index is -1.00. The number of hydrogen-bond donors (Lipinski definition) is 1. The smallest absolute Gasteiger partial charge is 0.328 e. The third kappa shape index (κ3) is 2.91. The molecule has 5 heteroatoms. The fourth-order valence-electron chi connectivity index (χ4n) is 0.824. The Morgan fingerprint density at radius 1 is 1.43 bits per heavy atom. The maximum absolute atomic E-state index is 11.2. The Morgan fingerprint density at radius 3 is 2.57 bits per heavy atom. The van der Waals surface area contributed by atoms with Gasteiger partial charge >= 0.3 is 5.97 Å². The minimum absolute atomic E-state index is 0.375. The fourth-order valence-corrected chi connectivity index (χ4v) is 1.03. The van der Waals surface area contributed by atoms with Gasteiger partial charge in [-0.3, -0.25) is 9.36 Å². The quantitative estimate of drug-likeness (QED) is 0.463. The summed E-state index contributed by atoms with van der Waals surface area (Å²) in [5.74, 6) is -0.324. The van der Waals surface area contributed by atoms with Crippen LogP contribution >= 0.6 is 8.46 Å². The van der Waals surface area contributed by atoms with Crippen molar-refractivity contribution < 1.29 is 19.2 Å². The van der Waals surface area contributed by atoms with E-state index in [0.29, 0.717) is 5.75 Å². The van der Waals surface area contributed by atoms with Crippen LogP contribution in [0.5, 0.6) is 5.75 Å². The number of ether oxygens (including phenoxy) is 1. The van der Waals surface area contributed by atoms with Crippen molar-refractivity contribution >= 4 is 14.4 Å². The molecule has 0 spiro atoms. The molecule has 1 aromatic carbocycles. The highest BCUT2D eigenvalue weighted by atomic mass is 31.1. The summed E-state index contributed by atoms with van der Waals surface area (Å²) in [5, 5.41) is 8.67. The molecular formula is C9H9O4P. The predicted molar refractivity (Wildman–Crippen MR) is 50.6 cm³/mol. The zero-order valence-corrected chi connectivity index (χ0v) is 8.18. The Balaban J connectivity index is 2.61. The van der Waals surface area contributed by atoms with Crippen LogP contribution in [0.25, 0.3) is 0 Å². The van der Waals surface area contributed by atoms with Crippen molar-refractivity contribution in [3.05, 3.63) is 30.3 Å². The molecule has 0 bridgehead atoms. The van der Waals surface area contributed by atoms with E-state index in [2.05, 4.69) is 0 Å². The third-order valence-electron chi connectivity index (χ3n) is 1.53. The van der Waals surface area contributed by atoms with Gasteiger partial charge < -0.3 is 9.84 Å². The number of hydrogen-bond acceptors (Lipinski definition) is 4. The molecule has 0 saturated carbocycles. The predicted octanol–water partition coefficient (Wildman–Crippen LogP) is 1.24. The van der Waals surface area contributed by atoms with Gasteiger partial charge in [0.15, 0.2) is 14.1 Å². The molecule has 74 valence electrons. The summed E-state index contributed by atoms with van der Waals surface area (Å²) in [5.41, 5.74) is -1.00. The molecule has 0 radical (unpaired) electrons. The van der Waals surface area contributed by atoms with E-state index in [-0.39, 0.29) is 0 Å². The lowest BCUT2D eigenvalue weighted by molar-refractivity contribution is -0.134. The average molecular weight is 212 g/mol. The van der Waals surface area contributed by atoms with E-state index in [9.17, 15) is 9.36 Å². The molecule has 0 saturated heterocycles. The monoisotopic (exact) mass is 212 g/mol. The molecule has 14 heavy (non-hydrogen) atoms. The molecule has 0 amide bonds. The van der Waals surface area contributed by atoms with Crippen LogP contribution in [-0.2, 0) is 9.36 Å². The van der Waals surface area contributed by atoms with Crippen LogP contribution in [0, 0.1) is 0 Å². The van der Waals surface area contributed by atoms with Crippen LogP contribution < -0.4 is 4.74 Å². The molecule has 0 aromatic heterocycles. The van der Waals surface area contributed by atoms with Crippen molar-refractivity contribution in [2.24, 2.45) is 0 Å². The van der Waals surface area contributed by atoms with E-state index >= 15 is 0 Å². The fraction of sp³-hybridized carbons (Fsp3) is 0.222. The van der Waals surface area contributed by atoms with Gasteiger partial charge in [0.25, 0.3) is 0 Å². The van der Waals surface area contributed by atoms with Crippen LogP contribution in [0.1, 0.15) is 0 Å². The molecule has 1 rings (SSSR count). The van der Waals surface area contributed by atoms with Crippen molar-refractivity contribution in [3.63, 3.8) is 0 Å². The highest BCUT2D eigenvalue weighted by molar-refractivity contribution is 7.26. The molecule has 1 atom stereocenters. The Hall–Kier alpha value is -1.25. The average Bonchev–Trinajstić information content (AvgIpc) is 2.21. The van der Waals surface area contributed by atoms with Crippen LogP contribution in [0.15, 0.2) is 30.3 Å². The lowest BCUT2D eigenvalue weighted by Crippen LogP contribution is -2.24. The second-order valence-electron chi connectivity index (χ2n) is 2.54. The first-order valence-corrected chi connectivity index (χ1v) is 4.86. The number of aliphatic hydroxyl groups excluding tert-OH is 1. The van der Waals surface area contributed by atoms with Gasteiger partial charge in [-0.1, -0.05) is 18.2 Å². The molecule has 0 aliphatic heterocycles. The summed E-state index contributed by atoms with van der Waals surface area (Å²) in [4.78, 5) is 11.2. The Morgan fingerprint density at radius 2 is 2.07 bits per heavy atom. The van der Waals surface area contributed by atoms with Gasteiger partial charge in [0, 0.05) is 0 Å². The van der Waals surface area contributed by atoms with Gasteiger partial charge in [0.2, 0.25) is 0 Å². The van der Waals surface area contributed by atoms with E-state index in [0.717, 1.165) is 0 Å². The first kappa shape index (κ1) is 10.8. The largest absolute Gasteiger partial charge is 0.426 e. The van der Waals surface area contributed by atoms with Crippen molar-refractivity contribution in [1.29, 1.82) is 0 Å². The van der Waals surface area contributed by atoms with Crippen molar-refractivity contribution in [3.8, 4) is 5.75 Å². The standard InChI is InChI=1S/C9H9O4P/c10-6-8(14-12)9(11)13-7-4-2-1-3-5-7/h1-5,8,10H,6H2. The maximum Gasteiger partial charge on any atom is 0.328 e. The molecule has 0 aliphatic rings. The third-order valence-corrected chi connectivity index (χ3v) is 2.16. The molecule has 1 aromatic rings. The number of aliphatic hydroxyl groups is 1. The summed E-state index contributed by atoms with van der Waals surface area (Å²) in [6.07, 6.45) is 0. The molecule has 4 nitrogen and oxygen atoms in total. The Kier molecular flexibility index (Phi) is 4.23. The van der Waals surface area contributed by atoms with E-state index in [1.165, 1.54) is 0 Å². The van der Waals surface area contributed by atoms with Crippen LogP contribution in [0.2, 0.25) is 0 Å². The van der Waals surface area contributed by atoms with Crippen molar-refractivity contribution in [2.75, 3.05) is 6.61 Å². The summed E-state index contributed by atoms with van der Waals surface area (Å²) in [6.45, 7) is -0.489. The van der Waals surface area contributed by atoms with Gasteiger partial charge in [-0.2, -0.15) is 0 Å². The first-order chi connectivity index (χ1) is 6.77. The zero-order valence-electron chi connectivity index (χ0n) is 7.29.